The molecular formula is C24H36N8O5. The minimum Gasteiger partial charge on any atom is -0.344 e. The summed E-state index contributed by atoms with van der Waals surface area (Å²) in [6, 6.07) is -1.15. The highest BCUT2D eigenvalue weighted by Crippen LogP contribution is 2.21. The summed E-state index contributed by atoms with van der Waals surface area (Å²) < 4.78 is 2.82. The molecule has 13 heteroatoms. The number of hydrogen-bond acceptors (Lipinski definition) is 7. The van der Waals surface area contributed by atoms with Gasteiger partial charge in [-0.2, -0.15) is 5.10 Å². The van der Waals surface area contributed by atoms with Crippen LogP contribution in [0.25, 0.3) is 0 Å². The van der Waals surface area contributed by atoms with Gasteiger partial charge in [-0.1, -0.05) is 13.8 Å². The molecule has 3 amide bonds. The average molecular weight is 517 g/mol. The van der Waals surface area contributed by atoms with Gasteiger partial charge in [-0.3, -0.25) is 24.2 Å². The summed E-state index contributed by atoms with van der Waals surface area (Å²) in [5, 5.41) is 7.53. The van der Waals surface area contributed by atoms with Crippen LogP contribution in [0.3, 0.4) is 0 Å². The van der Waals surface area contributed by atoms with E-state index in [0.29, 0.717) is 24.5 Å². The SMILES string of the molecule is Cc1nc2n(n1)CCN(C(=O)c1cn(C)c(=O)[nH]c1=O)CCCC(=O)N(C)[C@@H](C)C(=O)N[C@@H]2CC(C)C. The van der Waals surface area contributed by atoms with Gasteiger partial charge in [0, 0.05) is 39.8 Å². The van der Waals surface area contributed by atoms with Crippen molar-refractivity contribution >= 4 is 17.7 Å². The average Bonchev–Trinajstić information content (AvgIpc) is 3.20. The van der Waals surface area contributed by atoms with Crippen molar-refractivity contribution in [2.24, 2.45) is 13.0 Å². The Bertz CT molecular complexity index is 1280. The number of fused-ring (bicyclic) bond motifs is 1. The molecule has 1 aliphatic rings. The van der Waals surface area contributed by atoms with Gasteiger partial charge in [-0.15, -0.1) is 0 Å². The number of carbonyl (C=O) groups excluding carboxylic acids is 3. The molecule has 2 N–H and O–H groups in total. The van der Waals surface area contributed by atoms with Crippen LogP contribution in [0.1, 0.15) is 68.1 Å². The normalized spacial score (nSPS) is 20.0. The zero-order valence-corrected chi connectivity index (χ0v) is 22.3. The van der Waals surface area contributed by atoms with Crippen LogP contribution in [0.4, 0.5) is 0 Å². The van der Waals surface area contributed by atoms with E-state index in [-0.39, 0.29) is 49.4 Å². The quantitative estimate of drug-likeness (QED) is 0.580. The molecule has 0 saturated carbocycles. The fraction of sp³-hybridized carbons (Fsp3) is 0.625. The number of aryl methyl sites for hydroxylation is 2. The molecule has 37 heavy (non-hydrogen) atoms. The standard InChI is InChI=1S/C24H36N8O5/c1-14(2)12-18-20-25-16(4)28-32(20)11-10-31(23(36)17-13-29(5)24(37)27-22(17)35)9-7-8-19(33)30(6)15(3)21(34)26-18/h13-15,18H,7-12H2,1-6H3,(H,26,34)(H,27,35,37)/t15-,18+/m0/s1. The zero-order valence-electron chi connectivity index (χ0n) is 22.3. The lowest BCUT2D eigenvalue weighted by molar-refractivity contribution is -0.138. The molecular weight excluding hydrogens is 480 g/mol. The highest BCUT2D eigenvalue weighted by Gasteiger charge is 2.29. The van der Waals surface area contributed by atoms with E-state index in [4.69, 9.17) is 0 Å². The Morgan fingerprint density at radius 2 is 1.84 bits per heavy atom. The fourth-order valence-corrected chi connectivity index (χ4v) is 4.29. The molecule has 0 bridgehead atoms. The number of carbonyl (C=O) groups is 3. The maximum absolute atomic E-state index is 13.4. The number of likely N-dealkylation sites (N-methyl/N-ethyl adjacent to an activating group) is 1. The first-order chi connectivity index (χ1) is 17.4. The Morgan fingerprint density at radius 3 is 2.51 bits per heavy atom. The molecule has 0 fully saturated rings. The lowest BCUT2D eigenvalue weighted by atomic mass is 10.0. The van der Waals surface area contributed by atoms with Crippen molar-refractivity contribution in [2.75, 3.05) is 20.1 Å². The maximum Gasteiger partial charge on any atom is 0.328 e. The van der Waals surface area contributed by atoms with Gasteiger partial charge in [0.25, 0.3) is 11.5 Å². The summed E-state index contributed by atoms with van der Waals surface area (Å²) in [7, 11) is 3.02. The summed E-state index contributed by atoms with van der Waals surface area (Å²) in [6.07, 6.45) is 2.26. The van der Waals surface area contributed by atoms with E-state index in [1.165, 1.54) is 23.0 Å². The number of aromatic nitrogens is 5. The van der Waals surface area contributed by atoms with Crippen LogP contribution < -0.4 is 16.6 Å². The van der Waals surface area contributed by atoms with Gasteiger partial charge < -0.3 is 19.7 Å². The van der Waals surface area contributed by atoms with Crippen LogP contribution in [-0.2, 0) is 23.2 Å². The Morgan fingerprint density at radius 1 is 1.14 bits per heavy atom. The van der Waals surface area contributed by atoms with Crippen LogP contribution >= 0.6 is 0 Å². The monoisotopic (exact) mass is 516 g/mol. The van der Waals surface area contributed by atoms with Gasteiger partial charge in [-0.05, 0) is 32.6 Å². The van der Waals surface area contributed by atoms with E-state index in [2.05, 4.69) is 20.4 Å². The Hall–Kier alpha value is -3.77. The summed E-state index contributed by atoms with van der Waals surface area (Å²) in [4.78, 5) is 73.0. The minimum atomic E-state index is -0.769. The summed E-state index contributed by atoms with van der Waals surface area (Å²) in [5.74, 6) is 0.255. The Labute approximate surface area is 214 Å². The van der Waals surface area contributed by atoms with Crippen LogP contribution in [0.15, 0.2) is 15.8 Å². The van der Waals surface area contributed by atoms with E-state index in [1.54, 1.807) is 25.6 Å². The Balaban J connectivity index is 2.01. The van der Waals surface area contributed by atoms with Crippen molar-refractivity contribution in [3.05, 3.63) is 44.2 Å². The number of hydrogen-bond donors (Lipinski definition) is 2. The van der Waals surface area contributed by atoms with Crippen molar-refractivity contribution in [2.45, 2.75) is 65.6 Å². The van der Waals surface area contributed by atoms with Crippen LogP contribution in [0.5, 0.6) is 0 Å². The first kappa shape index (κ1) is 27.8. The second kappa shape index (κ2) is 11.5. The number of rotatable bonds is 3. The lowest BCUT2D eigenvalue weighted by Crippen LogP contribution is -2.48. The molecule has 2 aromatic rings. The highest BCUT2D eigenvalue weighted by molar-refractivity contribution is 5.93. The lowest BCUT2D eigenvalue weighted by Gasteiger charge is -2.29. The number of aromatic amines is 1. The summed E-state index contributed by atoms with van der Waals surface area (Å²) in [6.45, 7) is 8.14. The van der Waals surface area contributed by atoms with Crippen LogP contribution in [-0.4, -0.2) is 78.0 Å². The zero-order chi connectivity index (χ0) is 27.4. The number of nitrogens with zero attached hydrogens (tertiary/aromatic N) is 6. The van der Waals surface area contributed by atoms with Crippen molar-refractivity contribution in [3.63, 3.8) is 0 Å². The smallest absolute Gasteiger partial charge is 0.328 e. The fourth-order valence-electron chi connectivity index (χ4n) is 4.29. The first-order valence-corrected chi connectivity index (χ1v) is 12.5. The summed E-state index contributed by atoms with van der Waals surface area (Å²) >= 11 is 0. The third-order valence-electron chi connectivity index (χ3n) is 6.52. The number of amides is 3. The van der Waals surface area contributed by atoms with Gasteiger partial charge >= 0.3 is 5.69 Å². The van der Waals surface area contributed by atoms with Crippen molar-refractivity contribution in [3.8, 4) is 0 Å². The third-order valence-corrected chi connectivity index (χ3v) is 6.52. The number of H-pyrrole nitrogens is 1. The molecule has 0 unspecified atom stereocenters. The van der Waals surface area contributed by atoms with Crippen LogP contribution in [0, 0.1) is 12.8 Å². The third kappa shape index (κ3) is 6.52. The number of nitrogens with one attached hydrogen (secondary N) is 2. The van der Waals surface area contributed by atoms with Gasteiger partial charge in [0.1, 0.15) is 23.3 Å². The molecule has 1 aliphatic heterocycles. The van der Waals surface area contributed by atoms with E-state index in [1.807, 2.05) is 13.8 Å². The molecule has 0 aromatic carbocycles. The van der Waals surface area contributed by atoms with E-state index >= 15 is 0 Å². The molecule has 2 atom stereocenters. The van der Waals surface area contributed by atoms with E-state index in [0.717, 1.165) is 4.57 Å². The second-order valence-corrected chi connectivity index (χ2v) is 9.92. The molecule has 2 aromatic heterocycles. The van der Waals surface area contributed by atoms with Gasteiger partial charge in [0.2, 0.25) is 11.8 Å². The maximum atomic E-state index is 13.4. The van der Waals surface area contributed by atoms with Gasteiger partial charge in [0.05, 0.1) is 12.6 Å². The molecule has 13 nitrogen and oxygen atoms in total. The molecule has 0 saturated heterocycles. The Kier molecular flexibility index (Phi) is 8.66. The molecule has 3 heterocycles. The van der Waals surface area contributed by atoms with Crippen molar-refractivity contribution < 1.29 is 14.4 Å². The predicted octanol–water partition coefficient (Wildman–Crippen LogP) is -0.0400. The van der Waals surface area contributed by atoms with E-state index in [9.17, 15) is 24.0 Å². The molecule has 0 aliphatic carbocycles. The molecule has 0 spiro atoms. The van der Waals surface area contributed by atoms with Gasteiger partial charge in [0.15, 0.2) is 0 Å². The largest absolute Gasteiger partial charge is 0.344 e. The predicted molar refractivity (Wildman–Crippen MR) is 135 cm³/mol. The topological polar surface area (TPSA) is 155 Å². The molecule has 202 valence electrons. The van der Waals surface area contributed by atoms with Gasteiger partial charge in [-0.25, -0.2) is 14.5 Å². The second-order valence-electron chi connectivity index (χ2n) is 9.92. The van der Waals surface area contributed by atoms with Crippen molar-refractivity contribution in [1.82, 2.24) is 39.4 Å². The van der Waals surface area contributed by atoms with Crippen LogP contribution in [0.2, 0.25) is 0 Å². The minimum absolute atomic E-state index is 0.116. The summed E-state index contributed by atoms with van der Waals surface area (Å²) in [5.41, 5.74) is -1.55. The molecule has 3 rings (SSSR count). The van der Waals surface area contributed by atoms with E-state index < -0.39 is 29.2 Å². The van der Waals surface area contributed by atoms with Crippen molar-refractivity contribution in [1.29, 1.82) is 0 Å². The highest BCUT2D eigenvalue weighted by atomic mass is 16.2. The molecule has 0 radical (unpaired) electrons. The first-order valence-electron chi connectivity index (χ1n) is 12.5.